The molecule has 0 saturated carbocycles. The number of hydrogen-bond donors (Lipinski definition) is 1. The Balaban J connectivity index is 2.00. The van der Waals surface area contributed by atoms with Crippen molar-refractivity contribution in [1.82, 2.24) is 0 Å². The van der Waals surface area contributed by atoms with E-state index < -0.39 is 17.7 Å². The maximum atomic E-state index is 12.1. The van der Waals surface area contributed by atoms with Gasteiger partial charge in [0.05, 0.1) is 6.61 Å². The second-order valence-electron chi connectivity index (χ2n) is 6.44. The smallest absolute Gasteiger partial charge is 0.347 e. The number of carbonyl (C=O) groups is 1. The molecule has 0 saturated heterocycles. The number of aliphatic hydroxyl groups is 1. The average Bonchev–Trinajstić information content (AvgIpc) is 2.66. The lowest BCUT2D eigenvalue weighted by molar-refractivity contribution is -0.0676. The lowest BCUT2D eigenvalue weighted by Gasteiger charge is -2.09. The number of hydrogen-bond acceptors (Lipinski definition) is 6. The first-order valence-corrected chi connectivity index (χ1v) is 9.61. The third-order valence-corrected chi connectivity index (χ3v) is 4.29. The maximum absolute atomic E-state index is 12.1. The van der Waals surface area contributed by atoms with E-state index >= 15 is 0 Å². The summed E-state index contributed by atoms with van der Waals surface area (Å²) >= 11 is 0. The summed E-state index contributed by atoms with van der Waals surface area (Å²) in [6.07, 6.45) is 5.43. The van der Waals surface area contributed by atoms with Crippen LogP contribution >= 0.6 is 0 Å². The number of aliphatic hydroxyl groups excluding tert-OH is 1. The van der Waals surface area contributed by atoms with Crippen molar-refractivity contribution in [3.63, 3.8) is 0 Å². The molecule has 6 heteroatoms. The minimum absolute atomic E-state index is 0.158. The number of ketones is 1. The van der Waals surface area contributed by atoms with Crippen LogP contribution < -0.4 is 10.4 Å². The number of rotatable bonds is 12. The number of Topliss-reactive ketones (excluding diaryl/α,β-unsaturated/α-hetero) is 1. The topological polar surface area (TPSA) is 86.0 Å². The van der Waals surface area contributed by atoms with Gasteiger partial charge in [0, 0.05) is 18.1 Å². The quantitative estimate of drug-likeness (QED) is 0.260. The van der Waals surface area contributed by atoms with Gasteiger partial charge in [-0.2, -0.15) is 0 Å². The Bertz CT molecular complexity index is 795. The molecule has 0 radical (unpaired) electrons. The molecule has 1 heterocycles. The van der Waals surface area contributed by atoms with Gasteiger partial charge in [-0.3, -0.25) is 4.79 Å². The first kappa shape index (κ1) is 21.1. The van der Waals surface area contributed by atoms with Gasteiger partial charge >= 0.3 is 5.63 Å². The van der Waals surface area contributed by atoms with Gasteiger partial charge in [-0.15, -0.1) is 0 Å². The number of fused-ring (bicyclic) bond motifs is 1. The van der Waals surface area contributed by atoms with E-state index in [1.165, 1.54) is 31.7 Å². The zero-order valence-electron chi connectivity index (χ0n) is 16.0. The van der Waals surface area contributed by atoms with Crippen molar-refractivity contribution in [1.29, 1.82) is 0 Å². The molecule has 148 valence electrons. The largest absolute Gasteiger partial charge is 0.493 e. The summed E-state index contributed by atoms with van der Waals surface area (Å²) < 4.78 is 15.8. The summed E-state index contributed by atoms with van der Waals surface area (Å²) in [7, 11) is 0. The molecule has 1 aromatic heterocycles. The molecule has 27 heavy (non-hydrogen) atoms. The molecule has 0 aliphatic carbocycles. The molecule has 2 aromatic rings. The predicted molar refractivity (Wildman–Crippen MR) is 103 cm³/mol. The van der Waals surface area contributed by atoms with E-state index in [0.29, 0.717) is 23.3 Å². The average molecular weight is 376 g/mol. The summed E-state index contributed by atoms with van der Waals surface area (Å²) in [5.41, 5.74) is -0.702. The molecule has 0 amide bonds. The van der Waals surface area contributed by atoms with Gasteiger partial charge in [0.25, 0.3) is 0 Å². The minimum atomic E-state index is -1.67. The fourth-order valence-corrected chi connectivity index (χ4v) is 2.79. The highest BCUT2D eigenvalue weighted by Gasteiger charge is 2.22. The van der Waals surface area contributed by atoms with Crippen LogP contribution in [0.25, 0.3) is 11.0 Å². The van der Waals surface area contributed by atoms with Gasteiger partial charge in [-0.1, -0.05) is 39.0 Å². The molecule has 2 rings (SSSR count). The van der Waals surface area contributed by atoms with Crippen LogP contribution in [0.1, 0.15) is 62.7 Å². The Labute approximate surface area is 159 Å². The van der Waals surface area contributed by atoms with Crippen molar-refractivity contribution in [3.05, 3.63) is 40.2 Å². The Morgan fingerprint density at radius 3 is 2.59 bits per heavy atom. The Kier molecular flexibility index (Phi) is 8.48. The number of unbranched alkanes of at least 4 members (excludes halogenated alkanes) is 5. The summed E-state index contributed by atoms with van der Waals surface area (Å²) in [5.74, 6) is -0.191. The minimum Gasteiger partial charge on any atom is -0.493 e. The highest BCUT2D eigenvalue weighted by Crippen LogP contribution is 2.21. The van der Waals surface area contributed by atoms with Crippen molar-refractivity contribution in [3.8, 4) is 5.75 Å². The van der Waals surface area contributed by atoms with Crippen LogP contribution in [-0.2, 0) is 4.74 Å². The van der Waals surface area contributed by atoms with Gasteiger partial charge < -0.3 is 19.0 Å². The molecule has 0 aliphatic heterocycles. The summed E-state index contributed by atoms with van der Waals surface area (Å²) in [6.45, 7) is 4.61. The highest BCUT2D eigenvalue weighted by atomic mass is 16.6. The van der Waals surface area contributed by atoms with Crippen molar-refractivity contribution >= 4 is 16.8 Å². The lowest BCUT2D eigenvalue weighted by Crippen LogP contribution is -2.28. The monoisotopic (exact) mass is 376 g/mol. The summed E-state index contributed by atoms with van der Waals surface area (Å²) in [6, 6.07) is 6.54. The molecule has 1 aromatic carbocycles. The Morgan fingerprint density at radius 1 is 1.11 bits per heavy atom. The second-order valence-corrected chi connectivity index (χ2v) is 6.44. The molecule has 1 N–H and O–H groups in total. The molecule has 1 atom stereocenters. The molecule has 0 spiro atoms. The predicted octanol–water partition coefficient (Wildman–Crippen LogP) is 4.07. The third kappa shape index (κ3) is 6.19. The highest BCUT2D eigenvalue weighted by molar-refractivity contribution is 6.00. The van der Waals surface area contributed by atoms with Crippen molar-refractivity contribution in [2.75, 3.05) is 13.2 Å². The molecule has 1 unspecified atom stereocenters. The molecule has 0 fully saturated rings. The van der Waals surface area contributed by atoms with Crippen LogP contribution in [0.15, 0.2) is 33.5 Å². The summed E-state index contributed by atoms with van der Waals surface area (Å²) in [4.78, 5) is 24.2. The lowest BCUT2D eigenvalue weighted by atomic mass is 10.1. The van der Waals surface area contributed by atoms with Gasteiger partial charge in [0.15, 0.2) is 0 Å². The van der Waals surface area contributed by atoms with Gasteiger partial charge in [0.1, 0.15) is 16.9 Å². The van der Waals surface area contributed by atoms with E-state index in [1.807, 2.05) is 0 Å². The molecule has 6 nitrogen and oxygen atoms in total. The summed E-state index contributed by atoms with van der Waals surface area (Å²) in [5, 5.41) is 10.2. The van der Waals surface area contributed by atoms with Crippen LogP contribution in [0, 0.1) is 0 Å². The fourth-order valence-electron chi connectivity index (χ4n) is 2.79. The van der Waals surface area contributed by atoms with E-state index in [2.05, 4.69) is 6.92 Å². The van der Waals surface area contributed by atoms with E-state index in [4.69, 9.17) is 13.9 Å². The first-order chi connectivity index (χ1) is 13.1. The standard InChI is InChI=1S/C21H28O6/c1-3-5-6-7-8-9-12-26-16-11-10-15-13-17(19(22)21(24)25-4-2)20(23)27-18(15)14-16/h10-11,13-14,21,24H,3-9,12H2,1-2H3. The van der Waals surface area contributed by atoms with E-state index in [9.17, 15) is 14.7 Å². The molecule has 0 bridgehead atoms. The number of carbonyl (C=O) groups excluding carboxylic acids is 1. The van der Waals surface area contributed by atoms with Gasteiger partial charge in [-0.25, -0.2) is 4.79 Å². The van der Waals surface area contributed by atoms with Crippen LogP contribution in [-0.4, -0.2) is 30.4 Å². The fraction of sp³-hybridized carbons (Fsp3) is 0.524. The third-order valence-electron chi connectivity index (χ3n) is 4.29. The van der Waals surface area contributed by atoms with Crippen LogP contribution in [0.5, 0.6) is 5.75 Å². The zero-order chi connectivity index (χ0) is 19.6. The van der Waals surface area contributed by atoms with Gasteiger partial charge in [-0.05, 0) is 31.5 Å². The zero-order valence-corrected chi connectivity index (χ0v) is 16.0. The molecular weight excluding hydrogens is 348 g/mol. The van der Waals surface area contributed by atoms with Crippen molar-refractivity contribution in [2.24, 2.45) is 0 Å². The van der Waals surface area contributed by atoms with Crippen LogP contribution in [0.2, 0.25) is 0 Å². The van der Waals surface area contributed by atoms with E-state index in [1.54, 1.807) is 25.1 Å². The van der Waals surface area contributed by atoms with Gasteiger partial charge in [0.2, 0.25) is 12.1 Å². The Morgan fingerprint density at radius 2 is 1.85 bits per heavy atom. The van der Waals surface area contributed by atoms with Crippen molar-refractivity contribution in [2.45, 2.75) is 58.7 Å². The normalized spacial score (nSPS) is 12.3. The number of benzene rings is 1. The first-order valence-electron chi connectivity index (χ1n) is 9.61. The van der Waals surface area contributed by atoms with E-state index in [-0.39, 0.29) is 12.2 Å². The SMILES string of the molecule is CCCCCCCCOc1ccc2cc(C(=O)C(O)OCC)c(=O)oc2c1. The molecule has 0 aliphatic rings. The second kappa shape index (κ2) is 10.8. The Hall–Kier alpha value is -2.18. The van der Waals surface area contributed by atoms with Crippen molar-refractivity contribution < 1.29 is 23.8 Å². The molecular formula is C21H28O6. The number of ether oxygens (including phenoxy) is 2. The van der Waals surface area contributed by atoms with Crippen LogP contribution in [0.3, 0.4) is 0 Å². The van der Waals surface area contributed by atoms with Crippen LogP contribution in [0.4, 0.5) is 0 Å². The van der Waals surface area contributed by atoms with E-state index in [0.717, 1.165) is 12.8 Å². The maximum Gasteiger partial charge on any atom is 0.347 e.